The molecule has 2 atom stereocenters. The van der Waals surface area contributed by atoms with E-state index in [1.807, 2.05) is 0 Å². The Morgan fingerprint density at radius 2 is 2.21 bits per heavy atom. The van der Waals surface area contributed by atoms with Crippen molar-refractivity contribution in [2.24, 2.45) is 0 Å². The topological polar surface area (TPSA) is 90.9 Å². The molecule has 2 saturated heterocycles. The average Bonchev–Trinajstić information content (AvgIpc) is 3.17. The van der Waals surface area contributed by atoms with E-state index in [0.717, 1.165) is 6.42 Å². The minimum atomic E-state index is -3.99. The summed E-state index contributed by atoms with van der Waals surface area (Å²) in [7, 11) is -2.56. The van der Waals surface area contributed by atoms with Gasteiger partial charge in [0.05, 0.1) is 28.7 Å². The molecule has 2 unspecified atom stereocenters. The molecule has 132 valence electrons. The first-order valence-electron chi connectivity index (χ1n) is 7.51. The van der Waals surface area contributed by atoms with Crippen molar-refractivity contribution < 1.29 is 27.4 Å². The molecule has 7 nitrogen and oxygen atoms in total. The molecule has 1 amide bonds. The van der Waals surface area contributed by atoms with Crippen LogP contribution in [0.5, 0.6) is 5.75 Å². The van der Waals surface area contributed by atoms with Crippen molar-refractivity contribution >= 4 is 31.9 Å². The van der Waals surface area contributed by atoms with Crippen molar-refractivity contribution in [1.82, 2.24) is 4.72 Å². The molecular formula is C15H18BrNO6S. The van der Waals surface area contributed by atoms with Crippen LogP contribution in [-0.4, -0.2) is 46.4 Å². The molecule has 2 heterocycles. The quantitative estimate of drug-likeness (QED) is 0.796. The molecule has 2 aliphatic heterocycles. The lowest BCUT2D eigenvalue weighted by Crippen LogP contribution is -2.40. The highest BCUT2D eigenvalue weighted by atomic mass is 79.9. The summed E-state index contributed by atoms with van der Waals surface area (Å²) >= 11 is 3.26. The second kappa shape index (κ2) is 6.62. The van der Waals surface area contributed by atoms with Crippen LogP contribution in [0.4, 0.5) is 0 Å². The highest BCUT2D eigenvalue weighted by molar-refractivity contribution is 9.10. The number of methoxy groups -OCH3 is 1. The van der Waals surface area contributed by atoms with Crippen LogP contribution < -0.4 is 9.46 Å². The minimum Gasteiger partial charge on any atom is -0.496 e. The standard InChI is InChI=1S/C15H18BrNO6S/c1-21-13-8-10(2-3-11(13)16)24(19,20)17-14(18)12-4-5-15(23-12)6-7-22-9-15/h2-3,8,12H,4-7,9H2,1H3,(H,17,18). The maximum Gasteiger partial charge on any atom is 0.264 e. The van der Waals surface area contributed by atoms with Crippen molar-refractivity contribution in [3.05, 3.63) is 22.7 Å². The van der Waals surface area contributed by atoms with Gasteiger partial charge in [-0.1, -0.05) is 0 Å². The van der Waals surface area contributed by atoms with Gasteiger partial charge in [0.1, 0.15) is 11.9 Å². The predicted molar refractivity (Wildman–Crippen MR) is 88.3 cm³/mol. The van der Waals surface area contributed by atoms with Crippen molar-refractivity contribution in [1.29, 1.82) is 0 Å². The van der Waals surface area contributed by atoms with E-state index in [1.165, 1.54) is 19.2 Å². The molecule has 3 rings (SSSR count). The summed E-state index contributed by atoms with van der Waals surface area (Å²) in [5.74, 6) is -0.287. The van der Waals surface area contributed by atoms with E-state index < -0.39 is 27.6 Å². The fourth-order valence-electron chi connectivity index (χ4n) is 2.94. The van der Waals surface area contributed by atoms with Gasteiger partial charge in [-0.25, -0.2) is 13.1 Å². The van der Waals surface area contributed by atoms with Gasteiger partial charge in [-0.15, -0.1) is 0 Å². The zero-order valence-electron chi connectivity index (χ0n) is 13.1. The molecule has 0 aromatic heterocycles. The first-order chi connectivity index (χ1) is 11.4. The molecular weight excluding hydrogens is 402 g/mol. The third-order valence-electron chi connectivity index (χ3n) is 4.28. The van der Waals surface area contributed by atoms with Crippen LogP contribution in [0.2, 0.25) is 0 Å². The summed E-state index contributed by atoms with van der Waals surface area (Å²) in [5.41, 5.74) is -0.438. The Hall–Kier alpha value is -1.16. The molecule has 2 fully saturated rings. The number of benzene rings is 1. The SMILES string of the molecule is COc1cc(S(=O)(=O)NC(=O)C2CCC3(CCOC3)O2)ccc1Br. The summed E-state index contributed by atoms with van der Waals surface area (Å²) in [6.45, 7) is 1.05. The highest BCUT2D eigenvalue weighted by Crippen LogP contribution is 2.37. The molecule has 9 heteroatoms. The first kappa shape index (κ1) is 17.7. The Kier molecular flexibility index (Phi) is 4.87. The van der Waals surface area contributed by atoms with E-state index in [2.05, 4.69) is 20.7 Å². The van der Waals surface area contributed by atoms with Crippen molar-refractivity contribution in [2.75, 3.05) is 20.3 Å². The van der Waals surface area contributed by atoms with Crippen LogP contribution >= 0.6 is 15.9 Å². The minimum absolute atomic E-state index is 0.0483. The van der Waals surface area contributed by atoms with Crippen LogP contribution in [0.25, 0.3) is 0 Å². The summed E-state index contributed by atoms with van der Waals surface area (Å²) in [6.07, 6.45) is 1.12. The van der Waals surface area contributed by atoms with Gasteiger partial charge in [-0.3, -0.25) is 4.79 Å². The van der Waals surface area contributed by atoms with E-state index in [9.17, 15) is 13.2 Å². The molecule has 0 radical (unpaired) electrons. The number of nitrogens with one attached hydrogen (secondary N) is 1. The number of amides is 1. The Labute approximate surface area is 148 Å². The number of hydrogen-bond donors (Lipinski definition) is 1. The zero-order valence-corrected chi connectivity index (χ0v) is 15.5. The number of carbonyl (C=O) groups excluding carboxylic acids is 1. The molecule has 1 aromatic rings. The highest BCUT2D eigenvalue weighted by Gasteiger charge is 2.46. The third-order valence-corrected chi connectivity index (χ3v) is 6.28. The van der Waals surface area contributed by atoms with E-state index in [-0.39, 0.29) is 4.90 Å². The lowest BCUT2D eigenvalue weighted by Gasteiger charge is -2.21. The van der Waals surface area contributed by atoms with Crippen molar-refractivity contribution in [3.63, 3.8) is 0 Å². The zero-order chi connectivity index (χ0) is 17.4. The Balaban J connectivity index is 1.71. The van der Waals surface area contributed by atoms with Gasteiger partial charge < -0.3 is 14.2 Å². The lowest BCUT2D eigenvalue weighted by molar-refractivity contribution is -0.135. The van der Waals surface area contributed by atoms with Gasteiger partial charge in [0, 0.05) is 19.1 Å². The fraction of sp³-hybridized carbons (Fsp3) is 0.533. The third kappa shape index (κ3) is 3.44. The van der Waals surface area contributed by atoms with Crippen LogP contribution in [0, 0.1) is 0 Å². The van der Waals surface area contributed by atoms with Crippen molar-refractivity contribution in [3.8, 4) is 5.75 Å². The number of carbonyl (C=O) groups is 1. The van der Waals surface area contributed by atoms with Crippen LogP contribution in [0.3, 0.4) is 0 Å². The summed E-state index contributed by atoms with van der Waals surface area (Å²) < 4.78 is 43.7. The van der Waals surface area contributed by atoms with Crippen molar-refractivity contribution in [2.45, 2.75) is 35.9 Å². The summed E-state index contributed by atoms with van der Waals surface area (Å²) in [5, 5.41) is 0. The van der Waals surface area contributed by atoms with Gasteiger partial charge in [0.2, 0.25) is 0 Å². The molecule has 24 heavy (non-hydrogen) atoms. The molecule has 0 bridgehead atoms. The Bertz CT molecular complexity index is 744. The second-order valence-electron chi connectivity index (χ2n) is 5.90. The van der Waals surface area contributed by atoms with E-state index >= 15 is 0 Å². The molecule has 0 aliphatic carbocycles. The van der Waals surface area contributed by atoms with Crippen LogP contribution in [0.1, 0.15) is 19.3 Å². The number of sulfonamides is 1. The van der Waals surface area contributed by atoms with Crippen LogP contribution in [0.15, 0.2) is 27.6 Å². The number of ether oxygens (including phenoxy) is 3. The van der Waals surface area contributed by atoms with E-state index in [4.69, 9.17) is 14.2 Å². The second-order valence-corrected chi connectivity index (χ2v) is 8.43. The lowest BCUT2D eigenvalue weighted by atomic mass is 9.99. The molecule has 1 N–H and O–H groups in total. The fourth-order valence-corrected chi connectivity index (χ4v) is 4.37. The summed E-state index contributed by atoms with van der Waals surface area (Å²) in [6, 6.07) is 4.29. The van der Waals surface area contributed by atoms with E-state index in [0.29, 0.717) is 36.3 Å². The maximum absolute atomic E-state index is 12.4. The van der Waals surface area contributed by atoms with Gasteiger partial charge in [-0.2, -0.15) is 0 Å². The molecule has 1 aromatic carbocycles. The Morgan fingerprint density at radius 1 is 1.42 bits per heavy atom. The number of rotatable bonds is 4. The smallest absolute Gasteiger partial charge is 0.264 e. The average molecular weight is 420 g/mol. The predicted octanol–water partition coefficient (Wildman–Crippen LogP) is 1.60. The van der Waals surface area contributed by atoms with Crippen LogP contribution in [-0.2, 0) is 24.3 Å². The van der Waals surface area contributed by atoms with E-state index in [1.54, 1.807) is 6.07 Å². The largest absolute Gasteiger partial charge is 0.496 e. The monoisotopic (exact) mass is 419 g/mol. The number of halogens is 1. The normalized spacial score (nSPS) is 26.7. The van der Waals surface area contributed by atoms with Gasteiger partial charge >= 0.3 is 0 Å². The van der Waals surface area contributed by atoms with Gasteiger partial charge in [0.15, 0.2) is 0 Å². The Morgan fingerprint density at radius 3 is 2.88 bits per heavy atom. The summed E-state index contributed by atoms with van der Waals surface area (Å²) in [4.78, 5) is 12.3. The van der Waals surface area contributed by atoms with Gasteiger partial charge in [0.25, 0.3) is 15.9 Å². The molecule has 0 saturated carbocycles. The number of hydrogen-bond acceptors (Lipinski definition) is 6. The molecule has 1 spiro atoms. The van der Waals surface area contributed by atoms with Gasteiger partial charge in [-0.05, 0) is 40.9 Å². The maximum atomic E-state index is 12.4. The molecule has 2 aliphatic rings. The first-order valence-corrected chi connectivity index (χ1v) is 9.79.